The molecule has 0 spiro atoms. The number of ether oxygens (including phenoxy) is 1. The van der Waals surface area contributed by atoms with Gasteiger partial charge < -0.3 is 10.1 Å². The van der Waals surface area contributed by atoms with Gasteiger partial charge in [0, 0.05) is 25.2 Å². The lowest BCUT2D eigenvalue weighted by molar-refractivity contribution is 0.101. The molecule has 0 bridgehead atoms. The van der Waals surface area contributed by atoms with Gasteiger partial charge in [-0.15, -0.1) is 0 Å². The summed E-state index contributed by atoms with van der Waals surface area (Å²) in [5.41, 5.74) is 3.16. The minimum Gasteiger partial charge on any atom is -0.410 e. The summed E-state index contributed by atoms with van der Waals surface area (Å²) in [6.07, 6.45) is 1.03. The second-order valence-electron chi connectivity index (χ2n) is 6.70. The van der Waals surface area contributed by atoms with Crippen molar-refractivity contribution in [2.24, 2.45) is 0 Å². The predicted octanol–water partition coefficient (Wildman–Crippen LogP) is 3.71. The van der Waals surface area contributed by atoms with Crippen LogP contribution in [0.15, 0.2) is 54.7 Å². The Balaban J connectivity index is 1.95. The lowest BCUT2D eigenvalue weighted by Gasteiger charge is -2.10. The molecule has 0 aliphatic heterocycles. The Bertz CT molecular complexity index is 1280. The highest BCUT2D eigenvalue weighted by Gasteiger charge is 2.16. The first kappa shape index (κ1) is 19.3. The van der Waals surface area contributed by atoms with Crippen molar-refractivity contribution in [2.75, 3.05) is 7.05 Å². The van der Waals surface area contributed by atoms with Crippen LogP contribution in [-0.2, 0) is 0 Å². The normalized spacial score (nSPS) is 10.8. The molecular formula is C22H19N5O3. The molecule has 3 aromatic heterocycles. The van der Waals surface area contributed by atoms with E-state index in [1.165, 1.54) is 14.0 Å². The summed E-state index contributed by atoms with van der Waals surface area (Å²) in [6, 6.07) is 14.5. The van der Waals surface area contributed by atoms with E-state index in [1.807, 2.05) is 31.2 Å². The first-order chi connectivity index (χ1) is 14.5. The fraction of sp³-hybridized carbons (Fsp3) is 0.136. The molecule has 150 valence electrons. The van der Waals surface area contributed by atoms with Gasteiger partial charge >= 0.3 is 6.09 Å². The van der Waals surface area contributed by atoms with Crippen LogP contribution in [0, 0.1) is 6.92 Å². The number of benzene rings is 1. The quantitative estimate of drug-likeness (QED) is 0.524. The fourth-order valence-electron chi connectivity index (χ4n) is 3.10. The van der Waals surface area contributed by atoms with E-state index in [-0.39, 0.29) is 5.78 Å². The maximum atomic E-state index is 11.9. The average molecular weight is 401 g/mol. The molecule has 0 atom stereocenters. The van der Waals surface area contributed by atoms with Crippen molar-refractivity contribution >= 4 is 22.8 Å². The second-order valence-corrected chi connectivity index (χ2v) is 6.70. The zero-order valence-electron chi connectivity index (χ0n) is 16.7. The van der Waals surface area contributed by atoms with Crippen molar-refractivity contribution in [3.05, 3.63) is 66.1 Å². The van der Waals surface area contributed by atoms with E-state index in [0.29, 0.717) is 39.4 Å². The summed E-state index contributed by atoms with van der Waals surface area (Å²) in [4.78, 5) is 32.6. The third kappa shape index (κ3) is 3.62. The molecule has 1 aromatic carbocycles. The van der Waals surface area contributed by atoms with Crippen molar-refractivity contribution < 1.29 is 14.3 Å². The van der Waals surface area contributed by atoms with E-state index >= 15 is 0 Å². The van der Waals surface area contributed by atoms with Gasteiger partial charge in [-0.2, -0.15) is 5.10 Å². The molecule has 8 nitrogen and oxygen atoms in total. The summed E-state index contributed by atoms with van der Waals surface area (Å²) in [5, 5.41) is 7.54. The van der Waals surface area contributed by atoms with Gasteiger partial charge in [-0.05, 0) is 43.3 Å². The highest BCUT2D eigenvalue weighted by Crippen LogP contribution is 2.33. The Morgan fingerprint density at radius 1 is 1.07 bits per heavy atom. The van der Waals surface area contributed by atoms with Crippen LogP contribution in [0.25, 0.3) is 28.0 Å². The molecule has 30 heavy (non-hydrogen) atoms. The van der Waals surface area contributed by atoms with Crippen LogP contribution in [0.3, 0.4) is 0 Å². The number of aryl methyl sites for hydroxylation is 1. The number of carbonyl (C=O) groups excluding carboxylic acids is 2. The number of hydrogen-bond acceptors (Lipinski definition) is 6. The summed E-state index contributed by atoms with van der Waals surface area (Å²) in [6.45, 7) is 3.37. The molecule has 4 aromatic rings. The lowest BCUT2D eigenvalue weighted by atomic mass is 10.1. The number of amides is 1. The number of aromatic nitrogens is 4. The van der Waals surface area contributed by atoms with Crippen LogP contribution < -0.4 is 10.1 Å². The SMILES string of the molecule is CNC(=O)Oc1cc(-c2cccc(C(C)=O)n2)cc2c1cnn2-c1cccc(C)n1. The number of hydrogen-bond donors (Lipinski definition) is 1. The number of ketones is 1. The van der Waals surface area contributed by atoms with E-state index in [0.717, 1.165) is 5.69 Å². The Hall–Kier alpha value is -4.07. The van der Waals surface area contributed by atoms with Crippen LogP contribution in [0.5, 0.6) is 5.75 Å². The van der Waals surface area contributed by atoms with Crippen molar-refractivity contribution in [1.29, 1.82) is 0 Å². The summed E-state index contributed by atoms with van der Waals surface area (Å²) in [7, 11) is 1.49. The maximum absolute atomic E-state index is 11.9. The van der Waals surface area contributed by atoms with Crippen LogP contribution >= 0.6 is 0 Å². The first-order valence-corrected chi connectivity index (χ1v) is 9.30. The molecule has 0 aliphatic carbocycles. The van der Waals surface area contributed by atoms with E-state index in [2.05, 4.69) is 20.4 Å². The number of nitrogens with one attached hydrogen (secondary N) is 1. The summed E-state index contributed by atoms with van der Waals surface area (Å²) >= 11 is 0. The molecule has 0 fully saturated rings. The van der Waals surface area contributed by atoms with Gasteiger partial charge in [0.2, 0.25) is 0 Å². The van der Waals surface area contributed by atoms with Crippen LogP contribution in [0.1, 0.15) is 23.1 Å². The molecule has 1 amide bonds. The summed E-state index contributed by atoms with van der Waals surface area (Å²) < 4.78 is 7.15. The predicted molar refractivity (Wildman–Crippen MR) is 112 cm³/mol. The minimum atomic E-state index is -0.597. The average Bonchev–Trinajstić information content (AvgIpc) is 3.18. The van der Waals surface area contributed by atoms with Crippen molar-refractivity contribution in [3.63, 3.8) is 0 Å². The van der Waals surface area contributed by atoms with Gasteiger partial charge in [0.1, 0.15) is 11.4 Å². The largest absolute Gasteiger partial charge is 0.412 e. The van der Waals surface area contributed by atoms with E-state index in [4.69, 9.17) is 4.74 Å². The van der Waals surface area contributed by atoms with Crippen molar-refractivity contribution in [1.82, 2.24) is 25.1 Å². The van der Waals surface area contributed by atoms with Gasteiger partial charge in [-0.3, -0.25) is 4.79 Å². The molecule has 0 radical (unpaired) electrons. The van der Waals surface area contributed by atoms with Crippen LogP contribution in [0.4, 0.5) is 4.79 Å². The van der Waals surface area contributed by atoms with Crippen LogP contribution in [-0.4, -0.2) is 38.7 Å². The van der Waals surface area contributed by atoms with E-state index < -0.39 is 6.09 Å². The highest BCUT2D eigenvalue weighted by molar-refractivity contribution is 5.94. The standard InChI is InChI=1S/C22H19N5O3/c1-13-6-4-9-21(25-13)27-19-10-15(18-8-5-7-17(26-18)14(2)28)11-20(16(19)12-24-27)30-22(29)23-3/h4-12H,1-3H3,(H,23,29). The number of rotatable bonds is 4. The number of pyridine rings is 2. The van der Waals surface area contributed by atoms with Crippen molar-refractivity contribution in [2.45, 2.75) is 13.8 Å². The fourth-order valence-corrected chi connectivity index (χ4v) is 3.10. The maximum Gasteiger partial charge on any atom is 0.412 e. The number of Topliss-reactive ketones (excluding diaryl/α,β-unsaturated/α-hetero) is 1. The van der Waals surface area contributed by atoms with Crippen molar-refractivity contribution in [3.8, 4) is 22.8 Å². The van der Waals surface area contributed by atoms with Crippen LogP contribution in [0.2, 0.25) is 0 Å². The van der Waals surface area contributed by atoms with E-state index in [9.17, 15) is 9.59 Å². The zero-order chi connectivity index (χ0) is 21.3. The monoisotopic (exact) mass is 401 g/mol. The topological polar surface area (TPSA) is 99.0 Å². The minimum absolute atomic E-state index is 0.131. The lowest BCUT2D eigenvalue weighted by Crippen LogP contribution is -2.22. The first-order valence-electron chi connectivity index (χ1n) is 9.30. The molecule has 0 unspecified atom stereocenters. The molecule has 0 aliphatic rings. The Kier molecular flexibility index (Phi) is 4.97. The van der Waals surface area contributed by atoms with Gasteiger partial charge in [-0.25, -0.2) is 19.4 Å². The van der Waals surface area contributed by atoms with E-state index in [1.54, 1.807) is 35.1 Å². The Labute approximate surface area is 172 Å². The molecule has 0 saturated heterocycles. The summed E-state index contributed by atoms with van der Waals surface area (Å²) in [5.74, 6) is 0.836. The molecule has 0 saturated carbocycles. The Morgan fingerprint density at radius 2 is 1.87 bits per heavy atom. The number of fused-ring (bicyclic) bond motifs is 1. The number of nitrogens with zero attached hydrogens (tertiary/aromatic N) is 4. The number of carbonyl (C=O) groups is 2. The third-order valence-electron chi connectivity index (χ3n) is 4.55. The molecule has 1 N–H and O–H groups in total. The van der Waals surface area contributed by atoms with Gasteiger partial charge in [0.05, 0.1) is 22.8 Å². The van der Waals surface area contributed by atoms with Gasteiger partial charge in [0.15, 0.2) is 11.6 Å². The molecule has 4 rings (SSSR count). The smallest absolute Gasteiger partial charge is 0.410 e. The Morgan fingerprint density at radius 3 is 2.60 bits per heavy atom. The highest BCUT2D eigenvalue weighted by atomic mass is 16.6. The van der Waals surface area contributed by atoms with Gasteiger partial charge in [-0.1, -0.05) is 12.1 Å². The second kappa shape index (κ2) is 7.75. The third-order valence-corrected chi connectivity index (χ3v) is 4.55. The molecular weight excluding hydrogens is 382 g/mol. The zero-order valence-corrected chi connectivity index (χ0v) is 16.7. The molecule has 8 heteroatoms. The van der Waals surface area contributed by atoms with Gasteiger partial charge in [0.25, 0.3) is 0 Å². The molecule has 3 heterocycles.